The van der Waals surface area contributed by atoms with Crippen LogP contribution in [-0.2, 0) is 0 Å². The number of nitrogens with one attached hydrogen (secondary N) is 3. The molecule has 0 unspecified atom stereocenters. The summed E-state index contributed by atoms with van der Waals surface area (Å²) in [5.41, 5.74) is 1.06. The molecule has 0 radical (unpaired) electrons. The van der Waals surface area contributed by atoms with Crippen molar-refractivity contribution in [3.63, 3.8) is 0 Å². The number of aromatic nitrogens is 2. The Bertz CT molecular complexity index is 635. The molecule has 0 spiro atoms. The number of thioether (sulfide) groups is 1. The van der Waals surface area contributed by atoms with Crippen LogP contribution in [0.1, 0.15) is 6.42 Å². The second-order valence-electron chi connectivity index (χ2n) is 4.63. The third-order valence-electron chi connectivity index (χ3n) is 2.84. The van der Waals surface area contributed by atoms with Gasteiger partial charge in [0.1, 0.15) is 0 Å². The van der Waals surface area contributed by atoms with Gasteiger partial charge in [-0.05, 0) is 53.8 Å². The summed E-state index contributed by atoms with van der Waals surface area (Å²) in [4.78, 5) is 17.9. The van der Waals surface area contributed by atoms with Gasteiger partial charge >= 0.3 is 0 Å². The van der Waals surface area contributed by atoms with E-state index in [9.17, 15) is 4.79 Å². The van der Waals surface area contributed by atoms with Gasteiger partial charge in [-0.25, -0.2) is 4.98 Å². The first-order valence-electron chi connectivity index (χ1n) is 7.12. The fourth-order valence-electron chi connectivity index (χ4n) is 1.81. The van der Waals surface area contributed by atoms with E-state index >= 15 is 0 Å². The summed E-state index contributed by atoms with van der Waals surface area (Å²) >= 11 is 3.88. The third-order valence-corrected chi connectivity index (χ3v) is 4.48. The fourth-order valence-corrected chi connectivity index (χ4v) is 3.14. The van der Waals surface area contributed by atoms with E-state index in [0.29, 0.717) is 5.16 Å². The molecule has 2 aromatic rings. The van der Waals surface area contributed by atoms with Crippen molar-refractivity contribution in [3.05, 3.63) is 50.5 Å². The summed E-state index contributed by atoms with van der Waals surface area (Å²) in [6.07, 6.45) is 2.57. The minimum absolute atomic E-state index is 0.0997. The number of hydrogen-bond acceptors (Lipinski definition) is 5. The molecular formula is C15H19IN4OS. The summed E-state index contributed by atoms with van der Waals surface area (Å²) in [7, 11) is 0. The van der Waals surface area contributed by atoms with Crippen molar-refractivity contribution >= 4 is 40.0 Å². The Hall–Kier alpha value is -1.06. The first-order valence-corrected chi connectivity index (χ1v) is 9.19. The van der Waals surface area contributed by atoms with E-state index in [2.05, 4.69) is 67.5 Å². The van der Waals surface area contributed by atoms with E-state index in [1.807, 2.05) is 0 Å². The second-order valence-corrected chi connectivity index (χ2v) is 6.96. The van der Waals surface area contributed by atoms with Gasteiger partial charge in [-0.3, -0.25) is 4.79 Å². The number of aromatic amines is 1. The van der Waals surface area contributed by atoms with Gasteiger partial charge in [0.05, 0.1) is 0 Å². The van der Waals surface area contributed by atoms with Crippen LogP contribution in [0.25, 0.3) is 0 Å². The van der Waals surface area contributed by atoms with Crippen LogP contribution in [0, 0.1) is 3.57 Å². The van der Waals surface area contributed by atoms with Gasteiger partial charge in [0.15, 0.2) is 5.16 Å². The van der Waals surface area contributed by atoms with Crippen LogP contribution in [0.15, 0.2) is 46.5 Å². The first-order chi connectivity index (χ1) is 10.7. The van der Waals surface area contributed by atoms with Crippen molar-refractivity contribution in [2.75, 3.05) is 30.7 Å². The summed E-state index contributed by atoms with van der Waals surface area (Å²) in [6.45, 7) is 2.79. The first kappa shape index (κ1) is 17.3. The standard InChI is InChI=1S/C15H19IN4OS/c16-12-3-1-4-13(11-12)18-9-8-17-6-2-10-22-15-19-7-5-14(21)20-15/h1,3-5,7,11,17-18H,2,6,8-10H2,(H,19,20,21). The highest BCUT2D eigenvalue weighted by Crippen LogP contribution is 2.12. The number of halogens is 1. The molecule has 0 saturated heterocycles. The molecule has 0 aliphatic rings. The van der Waals surface area contributed by atoms with Gasteiger partial charge in [0.25, 0.3) is 5.56 Å². The molecule has 0 amide bonds. The lowest BCUT2D eigenvalue weighted by atomic mass is 10.3. The number of hydrogen-bond donors (Lipinski definition) is 3. The minimum Gasteiger partial charge on any atom is -0.384 e. The zero-order chi connectivity index (χ0) is 15.6. The van der Waals surface area contributed by atoms with Crippen molar-refractivity contribution in [3.8, 4) is 0 Å². The van der Waals surface area contributed by atoms with Crippen molar-refractivity contribution in [2.24, 2.45) is 0 Å². The number of rotatable bonds is 9. The molecule has 118 valence electrons. The van der Waals surface area contributed by atoms with E-state index in [-0.39, 0.29) is 5.56 Å². The van der Waals surface area contributed by atoms with E-state index in [0.717, 1.165) is 37.5 Å². The molecule has 7 heteroatoms. The van der Waals surface area contributed by atoms with Crippen LogP contribution in [0.5, 0.6) is 0 Å². The molecule has 2 rings (SSSR count). The smallest absolute Gasteiger partial charge is 0.251 e. The largest absolute Gasteiger partial charge is 0.384 e. The Morgan fingerprint density at radius 1 is 1.23 bits per heavy atom. The summed E-state index contributed by atoms with van der Waals surface area (Å²) in [5, 5.41) is 7.47. The van der Waals surface area contributed by atoms with Crippen molar-refractivity contribution in [1.82, 2.24) is 15.3 Å². The molecular weight excluding hydrogens is 411 g/mol. The topological polar surface area (TPSA) is 69.8 Å². The number of anilines is 1. The van der Waals surface area contributed by atoms with E-state index in [4.69, 9.17) is 0 Å². The lowest BCUT2D eigenvalue weighted by molar-refractivity contribution is 0.690. The summed E-state index contributed by atoms with van der Waals surface area (Å²) < 4.78 is 1.24. The number of benzene rings is 1. The Balaban J connectivity index is 1.50. The van der Waals surface area contributed by atoms with Crippen LogP contribution in [0.4, 0.5) is 5.69 Å². The molecule has 1 heterocycles. The third kappa shape index (κ3) is 6.80. The quantitative estimate of drug-likeness (QED) is 0.247. The Labute approximate surface area is 147 Å². The lowest BCUT2D eigenvalue weighted by Crippen LogP contribution is -2.23. The maximum atomic E-state index is 11.1. The monoisotopic (exact) mass is 430 g/mol. The number of nitrogens with zero attached hydrogens (tertiary/aromatic N) is 1. The highest BCUT2D eigenvalue weighted by atomic mass is 127. The molecule has 5 nitrogen and oxygen atoms in total. The molecule has 0 bridgehead atoms. The predicted octanol–water partition coefficient (Wildman–Crippen LogP) is 2.56. The average Bonchev–Trinajstić information content (AvgIpc) is 2.50. The van der Waals surface area contributed by atoms with E-state index in [1.165, 1.54) is 15.8 Å². The van der Waals surface area contributed by atoms with Crippen LogP contribution >= 0.6 is 34.4 Å². The maximum Gasteiger partial charge on any atom is 0.251 e. The molecule has 3 N–H and O–H groups in total. The van der Waals surface area contributed by atoms with Gasteiger partial charge in [-0.2, -0.15) is 0 Å². The fraction of sp³-hybridized carbons (Fsp3) is 0.333. The molecule has 1 aromatic heterocycles. The molecule has 0 saturated carbocycles. The molecule has 0 fully saturated rings. The average molecular weight is 430 g/mol. The Morgan fingerprint density at radius 2 is 2.14 bits per heavy atom. The van der Waals surface area contributed by atoms with Crippen LogP contribution in [0.3, 0.4) is 0 Å². The molecule has 1 aromatic carbocycles. The second kappa shape index (κ2) is 9.86. The van der Waals surface area contributed by atoms with Crippen molar-refractivity contribution in [2.45, 2.75) is 11.6 Å². The van der Waals surface area contributed by atoms with Crippen LogP contribution in [-0.4, -0.2) is 35.4 Å². The van der Waals surface area contributed by atoms with Gasteiger partial charge in [0, 0.05) is 40.4 Å². The van der Waals surface area contributed by atoms with Crippen LogP contribution < -0.4 is 16.2 Å². The SMILES string of the molecule is O=c1ccnc(SCCCNCCNc2cccc(I)c2)[nH]1. The molecule has 0 aliphatic heterocycles. The molecule has 22 heavy (non-hydrogen) atoms. The zero-order valence-corrected chi connectivity index (χ0v) is 15.1. The van der Waals surface area contributed by atoms with Gasteiger partial charge in [0.2, 0.25) is 0 Å². The Kier molecular flexibility index (Phi) is 7.75. The van der Waals surface area contributed by atoms with Crippen LogP contribution in [0.2, 0.25) is 0 Å². The van der Waals surface area contributed by atoms with Crippen molar-refractivity contribution in [1.29, 1.82) is 0 Å². The number of H-pyrrole nitrogens is 1. The zero-order valence-electron chi connectivity index (χ0n) is 12.1. The Morgan fingerprint density at radius 3 is 2.95 bits per heavy atom. The van der Waals surface area contributed by atoms with Crippen molar-refractivity contribution < 1.29 is 0 Å². The van der Waals surface area contributed by atoms with E-state index < -0.39 is 0 Å². The predicted molar refractivity (Wildman–Crippen MR) is 101 cm³/mol. The van der Waals surface area contributed by atoms with Gasteiger partial charge in [-0.15, -0.1) is 0 Å². The highest BCUT2D eigenvalue weighted by molar-refractivity contribution is 14.1. The highest BCUT2D eigenvalue weighted by Gasteiger charge is 1.96. The molecule has 0 aliphatic carbocycles. The summed E-state index contributed by atoms with van der Waals surface area (Å²) in [6, 6.07) is 9.76. The maximum absolute atomic E-state index is 11.1. The van der Waals surface area contributed by atoms with E-state index in [1.54, 1.807) is 11.8 Å². The van der Waals surface area contributed by atoms with Gasteiger partial charge in [-0.1, -0.05) is 17.8 Å². The van der Waals surface area contributed by atoms with Gasteiger partial charge < -0.3 is 15.6 Å². The lowest BCUT2D eigenvalue weighted by Gasteiger charge is -2.08. The summed E-state index contributed by atoms with van der Waals surface area (Å²) in [5.74, 6) is 0.935. The minimum atomic E-state index is -0.0997. The molecule has 0 atom stereocenters. The normalized spacial score (nSPS) is 10.6.